The van der Waals surface area contributed by atoms with Gasteiger partial charge in [-0.3, -0.25) is 9.59 Å². The summed E-state index contributed by atoms with van der Waals surface area (Å²) in [6.45, 7) is 0. The first-order valence-corrected chi connectivity index (χ1v) is 6.91. The van der Waals surface area contributed by atoms with Crippen LogP contribution in [0.2, 0.25) is 0 Å². The first-order chi connectivity index (χ1) is 9.15. The molecule has 2 nitrogen and oxygen atoms in total. The molecule has 92 valence electrons. The lowest BCUT2D eigenvalue weighted by molar-refractivity contribution is 0.0900. The van der Waals surface area contributed by atoms with Crippen molar-refractivity contribution in [2.45, 2.75) is 10.2 Å². The van der Waals surface area contributed by atoms with Gasteiger partial charge in [-0.05, 0) is 11.1 Å². The molecule has 4 rings (SSSR count). The highest BCUT2D eigenvalue weighted by Gasteiger charge is 2.60. The topological polar surface area (TPSA) is 34.1 Å². The number of hydrogen-bond acceptors (Lipinski definition) is 2. The largest absolute Gasteiger partial charge is 0.293 e. The number of Topliss-reactive ketones (excluding diaryl/α,β-unsaturated/α-hetero) is 2. The molecular weight excluding hydrogens is 304 g/mol. The van der Waals surface area contributed by atoms with E-state index in [1.807, 2.05) is 36.4 Å². The van der Waals surface area contributed by atoms with E-state index in [2.05, 4.69) is 15.9 Å². The summed E-state index contributed by atoms with van der Waals surface area (Å²) in [4.78, 5) is 25.3. The number of halogens is 1. The monoisotopic (exact) mass is 312 g/mol. The Labute approximate surface area is 118 Å². The predicted molar refractivity (Wildman–Crippen MR) is 74.9 cm³/mol. The molecule has 3 heteroatoms. The maximum absolute atomic E-state index is 12.7. The number of fused-ring (bicyclic) bond motifs is 5. The molecule has 2 aromatic rings. The minimum atomic E-state index is -0.898. The molecule has 2 aliphatic rings. The van der Waals surface area contributed by atoms with E-state index in [9.17, 15) is 9.59 Å². The van der Waals surface area contributed by atoms with Gasteiger partial charge in [0.15, 0.2) is 11.6 Å². The van der Waals surface area contributed by atoms with Gasteiger partial charge in [0.05, 0.1) is 5.92 Å². The van der Waals surface area contributed by atoms with E-state index in [1.165, 1.54) is 0 Å². The summed E-state index contributed by atoms with van der Waals surface area (Å²) in [5, 5.41) is 0. The molecule has 2 aliphatic carbocycles. The van der Waals surface area contributed by atoms with Crippen molar-refractivity contribution in [3.05, 3.63) is 70.8 Å². The molecule has 0 N–H and O–H groups in total. The summed E-state index contributed by atoms with van der Waals surface area (Å²) >= 11 is 3.59. The Bertz CT molecular complexity index is 750. The first kappa shape index (κ1) is 11.1. The van der Waals surface area contributed by atoms with Gasteiger partial charge in [-0.25, -0.2) is 0 Å². The first-order valence-electron chi connectivity index (χ1n) is 6.12. The maximum atomic E-state index is 12.7. The average molecular weight is 313 g/mol. The van der Waals surface area contributed by atoms with Gasteiger partial charge in [-0.1, -0.05) is 64.5 Å². The number of rotatable bonds is 0. The lowest BCUT2D eigenvalue weighted by atomic mass is 9.92. The van der Waals surface area contributed by atoms with E-state index in [1.54, 1.807) is 12.1 Å². The standard InChI is InChI=1S/C16H9BrO2/c17-16-12-8-4-3-7-11(12)14(18)13(16)9-5-1-2-6-10(9)15(16)19/h1-8,13H/t13-,16+/m1/s1. The molecule has 0 saturated heterocycles. The fourth-order valence-corrected chi connectivity index (χ4v) is 4.28. The summed E-state index contributed by atoms with van der Waals surface area (Å²) in [5.74, 6) is -0.397. The van der Waals surface area contributed by atoms with Gasteiger partial charge >= 0.3 is 0 Å². The second-order valence-corrected chi connectivity index (χ2v) is 6.22. The zero-order valence-electron chi connectivity index (χ0n) is 9.89. The fourth-order valence-electron chi connectivity index (χ4n) is 3.27. The van der Waals surface area contributed by atoms with Crippen LogP contribution in [-0.4, -0.2) is 11.6 Å². The zero-order chi connectivity index (χ0) is 13.2. The second kappa shape index (κ2) is 3.42. The predicted octanol–water partition coefficient (Wildman–Crippen LogP) is 3.45. The van der Waals surface area contributed by atoms with Crippen LogP contribution in [0.4, 0.5) is 0 Å². The lowest BCUT2D eigenvalue weighted by Gasteiger charge is -2.20. The number of ketones is 2. The Balaban J connectivity index is 2.08. The lowest BCUT2D eigenvalue weighted by Crippen LogP contribution is -2.27. The van der Waals surface area contributed by atoms with Crippen molar-refractivity contribution < 1.29 is 9.59 Å². The molecular formula is C16H9BrO2. The summed E-state index contributed by atoms with van der Waals surface area (Å²) in [6, 6.07) is 14.8. The molecule has 2 atom stereocenters. The Kier molecular flexibility index (Phi) is 2.00. The van der Waals surface area contributed by atoms with Crippen LogP contribution in [-0.2, 0) is 4.32 Å². The molecule has 2 aromatic carbocycles. The number of carbonyl (C=O) groups excluding carboxylic acids is 2. The summed E-state index contributed by atoms with van der Waals surface area (Å²) in [5.41, 5.74) is 2.95. The highest BCUT2D eigenvalue weighted by atomic mass is 79.9. The quantitative estimate of drug-likeness (QED) is 0.698. The van der Waals surface area contributed by atoms with Crippen molar-refractivity contribution in [2.75, 3.05) is 0 Å². The Morgan fingerprint density at radius 1 is 0.895 bits per heavy atom. The van der Waals surface area contributed by atoms with E-state index < -0.39 is 10.2 Å². The van der Waals surface area contributed by atoms with Crippen LogP contribution in [0.15, 0.2) is 48.5 Å². The van der Waals surface area contributed by atoms with Gasteiger partial charge < -0.3 is 0 Å². The molecule has 0 saturated carbocycles. The molecule has 0 radical (unpaired) electrons. The van der Waals surface area contributed by atoms with Crippen molar-refractivity contribution >= 4 is 27.5 Å². The van der Waals surface area contributed by atoms with E-state index in [0.29, 0.717) is 11.1 Å². The summed E-state index contributed by atoms with van der Waals surface area (Å²) in [7, 11) is 0. The molecule has 0 spiro atoms. The maximum Gasteiger partial charge on any atom is 0.185 e. The van der Waals surface area contributed by atoms with Crippen LogP contribution in [0, 0.1) is 0 Å². The Morgan fingerprint density at radius 2 is 1.53 bits per heavy atom. The van der Waals surface area contributed by atoms with Crippen LogP contribution < -0.4 is 0 Å². The molecule has 0 amide bonds. The van der Waals surface area contributed by atoms with Gasteiger partial charge in [0.25, 0.3) is 0 Å². The fraction of sp³-hybridized carbons (Fsp3) is 0.125. The molecule has 19 heavy (non-hydrogen) atoms. The summed E-state index contributed by atoms with van der Waals surface area (Å²) in [6.07, 6.45) is 0. The van der Waals surface area contributed by atoms with Gasteiger partial charge in [0.2, 0.25) is 0 Å². The number of carbonyl (C=O) groups is 2. The highest BCUT2D eigenvalue weighted by molar-refractivity contribution is 9.10. The van der Waals surface area contributed by atoms with Gasteiger partial charge in [-0.2, -0.15) is 0 Å². The molecule has 0 unspecified atom stereocenters. The van der Waals surface area contributed by atoms with Crippen molar-refractivity contribution in [1.82, 2.24) is 0 Å². The van der Waals surface area contributed by atoms with Crippen LogP contribution in [0.1, 0.15) is 37.8 Å². The van der Waals surface area contributed by atoms with E-state index in [0.717, 1.165) is 11.1 Å². The van der Waals surface area contributed by atoms with Crippen LogP contribution in [0.25, 0.3) is 0 Å². The number of benzene rings is 2. The van der Waals surface area contributed by atoms with Crippen LogP contribution in [0.5, 0.6) is 0 Å². The van der Waals surface area contributed by atoms with E-state index in [-0.39, 0.29) is 11.6 Å². The SMILES string of the molecule is O=C1c2ccccc2[C@@]2(Br)C(=O)c3ccccc3[C@H]12. The average Bonchev–Trinajstić information content (AvgIpc) is 2.82. The van der Waals surface area contributed by atoms with Crippen molar-refractivity contribution in [1.29, 1.82) is 0 Å². The highest BCUT2D eigenvalue weighted by Crippen LogP contribution is 2.59. The molecule has 0 aliphatic heterocycles. The minimum Gasteiger partial charge on any atom is -0.293 e. The third-order valence-corrected chi connectivity index (χ3v) is 5.34. The van der Waals surface area contributed by atoms with Crippen molar-refractivity contribution in [3.8, 4) is 0 Å². The van der Waals surface area contributed by atoms with Gasteiger partial charge in [0.1, 0.15) is 4.32 Å². The third-order valence-electron chi connectivity index (χ3n) is 4.09. The zero-order valence-corrected chi connectivity index (χ0v) is 11.5. The van der Waals surface area contributed by atoms with E-state index in [4.69, 9.17) is 0 Å². The van der Waals surface area contributed by atoms with Crippen molar-refractivity contribution in [2.24, 2.45) is 0 Å². The Morgan fingerprint density at radius 3 is 2.32 bits per heavy atom. The van der Waals surface area contributed by atoms with E-state index >= 15 is 0 Å². The van der Waals surface area contributed by atoms with Gasteiger partial charge in [0, 0.05) is 11.1 Å². The third kappa shape index (κ3) is 1.12. The minimum absolute atomic E-state index is 0.00796. The van der Waals surface area contributed by atoms with Gasteiger partial charge in [-0.15, -0.1) is 0 Å². The van der Waals surface area contributed by atoms with Crippen LogP contribution >= 0.6 is 15.9 Å². The number of hydrogen-bond donors (Lipinski definition) is 0. The van der Waals surface area contributed by atoms with Crippen LogP contribution in [0.3, 0.4) is 0 Å². The van der Waals surface area contributed by atoms with Crippen molar-refractivity contribution in [3.63, 3.8) is 0 Å². The molecule has 0 heterocycles. The molecule has 0 aromatic heterocycles. The second-order valence-electron chi connectivity index (χ2n) is 4.97. The molecule has 0 bridgehead atoms. The number of alkyl halides is 1. The summed E-state index contributed by atoms with van der Waals surface area (Å²) < 4.78 is -0.898. The molecule has 0 fully saturated rings. The Hall–Kier alpha value is -1.74. The smallest absolute Gasteiger partial charge is 0.185 e. The normalized spacial score (nSPS) is 27.1.